The second-order valence-electron chi connectivity index (χ2n) is 11.2. The second-order valence-corrected chi connectivity index (χ2v) is 11.2. The van der Waals surface area contributed by atoms with Gasteiger partial charge in [-0.3, -0.25) is 19.3 Å². The number of aliphatic carboxylic acids is 1. The lowest BCUT2D eigenvalue weighted by molar-refractivity contribution is -0.158. The maximum atomic E-state index is 14.3. The highest BCUT2D eigenvalue weighted by atomic mass is 16.5. The van der Waals surface area contributed by atoms with Gasteiger partial charge in [0.25, 0.3) is 0 Å². The van der Waals surface area contributed by atoms with E-state index in [1.54, 1.807) is 22.8 Å². The molecule has 3 unspecified atom stereocenters. The zero-order valence-corrected chi connectivity index (χ0v) is 22.3. The van der Waals surface area contributed by atoms with Gasteiger partial charge in [-0.25, -0.2) is 0 Å². The molecule has 1 spiro atoms. The van der Waals surface area contributed by atoms with Gasteiger partial charge in [0.15, 0.2) is 0 Å². The molecular weight excluding hydrogens is 478 g/mol. The van der Waals surface area contributed by atoms with E-state index >= 15 is 0 Å². The molecule has 10 nitrogen and oxygen atoms in total. The summed E-state index contributed by atoms with van der Waals surface area (Å²) in [6.45, 7) is 12.6. The van der Waals surface area contributed by atoms with Crippen LogP contribution in [0.25, 0.3) is 0 Å². The average molecular weight is 522 g/mol. The molecule has 0 aromatic rings. The fourth-order valence-corrected chi connectivity index (χ4v) is 7.09. The lowest BCUT2D eigenvalue weighted by atomic mass is 9.62. The van der Waals surface area contributed by atoms with Crippen molar-refractivity contribution in [3.05, 3.63) is 12.7 Å². The van der Waals surface area contributed by atoms with Crippen molar-refractivity contribution in [1.29, 1.82) is 0 Å². The number of fused-ring (bicyclic) bond motifs is 1. The van der Waals surface area contributed by atoms with Crippen LogP contribution < -0.4 is 0 Å². The number of hydrogen-bond acceptors (Lipinski definition) is 7. The van der Waals surface area contributed by atoms with Crippen molar-refractivity contribution >= 4 is 17.8 Å². The minimum absolute atomic E-state index is 0.0985. The summed E-state index contributed by atoms with van der Waals surface area (Å²) in [6.07, 6.45) is 5.19. The van der Waals surface area contributed by atoms with Gasteiger partial charge in [0, 0.05) is 45.9 Å². The van der Waals surface area contributed by atoms with Crippen molar-refractivity contribution in [3.8, 4) is 0 Å². The van der Waals surface area contributed by atoms with E-state index in [4.69, 9.17) is 14.6 Å². The zero-order chi connectivity index (χ0) is 26.8. The molecular formula is C27H43N3O7. The van der Waals surface area contributed by atoms with Crippen LogP contribution in [0.3, 0.4) is 0 Å². The molecule has 4 aliphatic rings. The Morgan fingerprint density at radius 2 is 1.89 bits per heavy atom. The van der Waals surface area contributed by atoms with Gasteiger partial charge in [0.1, 0.15) is 17.6 Å². The fraction of sp³-hybridized carbons (Fsp3) is 0.815. The molecule has 4 fully saturated rings. The molecule has 6 atom stereocenters. The molecule has 4 rings (SSSR count). The lowest BCUT2D eigenvalue weighted by Crippen LogP contribution is -2.57. The summed E-state index contributed by atoms with van der Waals surface area (Å²) in [5, 5.41) is 19.3. The van der Waals surface area contributed by atoms with E-state index in [1.165, 1.54) is 0 Å². The molecule has 0 aliphatic carbocycles. The normalized spacial score (nSPS) is 35.1. The third-order valence-corrected chi connectivity index (χ3v) is 9.07. The molecule has 10 heteroatoms. The number of aliphatic hydroxyl groups is 1. The Balaban J connectivity index is 1.62. The molecule has 0 radical (unpaired) electrons. The van der Waals surface area contributed by atoms with Gasteiger partial charge in [0.05, 0.1) is 24.7 Å². The Morgan fingerprint density at radius 1 is 1.19 bits per heavy atom. The zero-order valence-electron chi connectivity index (χ0n) is 22.3. The number of ether oxygens (including phenoxy) is 2. The smallest absolute Gasteiger partial charge is 0.310 e. The maximum absolute atomic E-state index is 14.3. The highest BCUT2D eigenvalue weighted by Gasteiger charge is 2.80. The second kappa shape index (κ2) is 11.4. The van der Waals surface area contributed by atoms with Crippen molar-refractivity contribution in [1.82, 2.24) is 14.7 Å². The quantitative estimate of drug-likeness (QED) is 0.272. The van der Waals surface area contributed by atoms with Gasteiger partial charge >= 0.3 is 5.97 Å². The van der Waals surface area contributed by atoms with Gasteiger partial charge in [0.2, 0.25) is 11.8 Å². The summed E-state index contributed by atoms with van der Waals surface area (Å²) in [6, 6.07) is -0.860. The van der Waals surface area contributed by atoms with Crippen LogP contribution in [-0.4, -0.2) is 119 Å². The molecule has 2 amide bonds. The first-order chi connectivity index (χ1) is 17.7. The van der Waals surface area contributed by atoms with Crippen LogP contribution in [0.1, 0.15) is 46.0 Å². The SMILES string of the molecule is C=CCN(CCN1CCOCC1)C(=O)C1N(CCCCCCO)C(=O)[C@@H]2[C@H](C(=O)O)[C@@]3(C)OC12CC3C. The van der Waals surface area contributed by atoms with Crippen LogP contribution in [0.15, 0.2) is 12.7 Å². The van der Waals surface area contributed by atoms with E-state index in [1.807, 2.05) is 6.92 Å². The van der Waals surface area contributed by atoms with Crippen molar-refractivity contribution in [2.24, 2.45) is 17.8 Å². The van der Waals surface area contributed by atoms with Gasteiger partial charge in [-0.1, -0.05) is 25.8 Å². The molecule has 2 N–H and O–H groups in total. The number of unbranched alkanes of at least 4 members (excludes halogenated alkanes) is 3. The average Bonchev–Trinajstić information content (AvgIpc) is 3.38. The van der Waals surface area contributed by atoms with Crippen LogP contribution in [0, 0.1) is 17.8 Å². The summed E-state index contributed by atoms with van der Waals surface area (Å²) in [5.74, 6) is -3.47. The summed E-state index contributed by atoms with van der Waals surface area (Å²) >= 11 is 0. The number of carbonyl (C=O) groups excluding carboxylic acids is 2. The number of likely N-dealkylation sites (tertiary alicyclic amines) is 1. The predicted octanol–water partition coefficient (Wildman–Crippen LogP) is 0.981. The minimum Gasteiger partial charge on any atom is -0.481 e. The molecule has 208 valence electrons. The van der Waals surface area contributed by atoms with E-state index in [0.29, 0.717) is 58.7 Å². The van der Waals surface area contributed by atoms with E-state index in [-0.39, 0.29) is 24.3 Å². The number of morpholine rings is 1. The predicted molar refractivity (Wildman–Crippen MR) is 136 cm³/mol. The van der Waals surface area contributed by atoms with Crippen LogP contribution >= 0.6 is 0 Å². The van der Waals surface area contributed by atoms with Crippen LogP contribution in [0.4, 0.5) is 0 Å². The van der Waals surface area contributed by atoms with Crippen molar-refractivity contribution < 1.29 is 34.1 Å². The molecule has 2 bridgehead atoms. The van der Waals surface area contributed by atoms with E-state index < -0.39 is 35.0 Å². The van der Waals surface area contributed by atoms with Gasteiger partial charge in [-0.05, 0) is 32.1 Å². The van der Waals surface area contributed by atoms with Gasteiger partial charge < -0.3 is 29.5 Å². The number of amides is 2. The molecule has 0 aromatic carbocycles. The van der Waals surface area contributed by atoms with E-state index in [2.05, 4.69) is 11.5 Å². The number of hydrogen-bond donors (Lipinski definition) is 2. The highest BCUT2D eigenvalue weighted by molar-refractivity contribution is 5.98. The topological polar surface area (TPSA) is 120 Å². The minimum atomic E-state index is -1.14. The van der Waals surface area contributed by atoms with Crippen LogP contribution in [-0.2, 0) is 23.9 Å². The number of aliphatic hydroxyl groups excluding tert-OH is 1. The van der Waals surface area contributed by atoms with E-state index in [0.717, 1.165) is 25.9 Å². The third kappa shape index (κ3) is 4.93. The standard InChI is InChI=1S/C27H43N3O7/c1-4-9-29(12-11-28-13-16-36-17-14-28)24(33)22-27-18-19(2)26(3,37-27)21(25(34)35)20(27)23(32)30(22)10-7-5-6-8-15-31/h4,19-22,31H,1,5-18H2,2-3H3,(H,34,35)/t19?,20-,21+,22?,26-,27?/m0/s1. The first-order valence-electron chi connectivity index (χ1n) is 13.8. The summed E-state index contributed by atoms with van der Waals surface area (Å²) < 4.78 is 12.0. The highest BCUT2D eigenvalue weighted by Crippen LogP contribution is 2.65. The molecule has 4 saturated heterocycles. The molecule has 4 heterocycles. The Bertz CT molecular complexity index is 878. The first kappa shape index (κ1) is 28.0. The number of carboxylic acid groups (broad SMARTS) is 1. The van der Waals surface area contributed by atoms with Gasteiger partial charge in [-0.2, -0.15) is 0 Å². The van der Waals surface area contributed by atoms with Crippen molar-refractivity contribution in [2.75, 3.05) is 59.1 Å². The summed E-state index contributed by atoms with van der Waals surface area (Å²) in [5.41, 5.74) is -2.14. The van der Waals surface area contributed by atoms with E-state index in [9.17, 15) is 19.5 Å². The largest absolute Gasteiger partial charge is 0.481 e. The Hall–Kier alpha value is -2.01. The van der Waals surface area contributed by atoms with Gasteiger partial charge in [-0.15, -0.1) is 6.58 Å². The number of carboxylic acids is 1. The van der Waals surface area contributed by atoms with Crippen LogP contribution in [0.2, 0.25) is 0 Å². The Morgan fingerprint density at radius 3 is 2.54 bits per heavy atom. The van der Waals surface area contributed by atoms with Crippen molar-refractivity contribution in [2.45, 2.75) is 63.2 Å². The molecule has 37 heavy (non-hydrogen) atoms. The fourth-order valence-electron chi connectivity index (χ4n) is 7.09. The Labute approximate surface area is 219 Å². The summed E-state index contributed by atoms with van der Waals surface area (Å²) in [4.78, 5) is 46.3. The number of carbonyl (C=O) groups is 3. The maximum Gasteiger partial charge on any atom is 0.310 e. The van der Waals surface area contributed by atoms with Crippen molar-refractivity contribution in [3.63, 3.8) is 0 Å². The molecule has 0 aromatic heterocycles. The third-order valence-electron chi connectivity index (χ3n) is 9.07. The monoisotopic (exact) mass is 521 g/mol. The van der Waals surface area contributed by atoms with Crippen LogP contribution in [0.5, 0.6) is 0 Å². The number of nitrogens with zero attached hydrogens (tertiary/aromatic N) is 3. The summed E-state index contributed by atoms with van der Waals surface area (Å²) in [7, 11) is 0. The lowest BCUT2D eigenvalue weighted by Gasteiger charge is -2.38. The first-order valence-corrected chi connectivity index (χ1v) is 13.8. The molecule has 0 saturated carbocycles. The Kier molecular flexibility index (Phi) is 8.62. The molecule has 4 aliphatic heterocycles. The number of rotatable bonds is 13.